The van der Waals surface area contributed by atoms with E-state index >= 15 is 0 Å². The number of carboxylic acid groups (broad SMARTS) is 1. The Labute approximate surface area is 114 Å². The maximum atomic E-state index is 12.5. The molecule has 0 spiro atoms. The number of rotatable bonds is 2. The third kappa shape index (κ3) is 2.26. The molecule has 5 atom stereocenters. The number of fused-ring (bicyclic) bond motifs is 1. The monoisotopic (exact) mass is 265 g/mol. The van der Waals surface area contributed by atoms with E-state index in [4.69, 9.17) is 5.11 Å². The minimum absolute atomic E-state index is 0.121. The van der Waals surface area contributed by atoms with Gasteiger partial charge in [0.05, 0.1) is 11.8 Å². The number of nitrogens with zero attached hydrogens (tertiary/aromatic N) is 1. The van der Waals surface area contributed by atoms with E-state index in [1.165, 1.54) is 19.3 Å². The number of aliphatic carboxylic acids is 1. The third-order valence-corrected chi connectivity index (χ3v) is 5.45. The van der Waals surface area contributed by atoms with E-state index in [1.54, 1.807) is 0 Å². The average molecular weight is 265 g/mol. The number of carbonyl (C=O) groups excluding carboxylic acids is 1. The zero-order valence-corrected chi connectivity index (χ0v) is 11.5. The summed E-state index contributed by atoms with van der Waals surface area (Å²) in [6.45, 7) is 3.14. The second-order valence-electron chi connectivity index (χ2n) is 6.60. The lowest BCUT2D eigenvalue weighted by molar-refractivity contribution is -0.145. The van der Waals surface area contributed by atoms with Crippen molar-refractivity contribution in [3.63, 3.8) is 0 Å². The minimum atomic E-state index is -0.802. The molecule has 1 amide bonds. The van der Waals surface area contributed by atoms with Gasteiger partial charge in [0.1, 0.15) is 0 Å². The van der Waals surface area contributed by atoms with Crippen LogP contribution in [-0.2, 0) is 9.59 Å². The van der Waals surface area contributed by atoms with Crippen LogP contribution in [0.25, 0.3) is 0 Å². The highest BCUT2D eigenvalue weighted by molar-refractivity contribution is 5.89. The van der Waals surface area contributed by atoms with Crippen LogP contribution in [0.5, 0.6) is 0 Å². The Balaban J connectivity index is 1.70. The van der Waals surface area contributed by atoms with Crippen molar-refractivity contribution in [3.8, 4) is 0 Å². The molecule has 1 heterocycles. The molecule has 1 aliphatic heterocycles. The molecule has 0 aromatic carbocycles. The molecule has 3 aliphatic rings. The third-order valence-electron chi connectivity index (χ3n) is 5.45. The molecule has 3 fully saturated rings. The lowest BCUT2D eigenvalue weighted by Gasteiger charge is -2.47. The Morgan fingerprint density at radius 2 is 1.84 bits per heavy atom. The van der Waals surface area contributed by atoms with E-state index < -0.39 is 11.9 Å². The molecule has 0 bridgehead atoms. The molecule has 0 radical (unpaired) electrons. The molecule has 0 aromatic rings. The van der Waals surface area contributed by atoms with Crippen LogP contribution in [0.4, 0.5) is 0 Å². The van der Waals surface area contributed by atoms with Crippen LogP contribution in [0.3, 0.4) is 0 Å². The molecule has 3 rings (SSSR count). The Bertz CT molecular complexity index is 395. The zero-order chi connectivity index (χ0) is 13.6. The van der Waals surface area contributed by atoms with E-state index in [9.17, 15) is 9.59 Å². The molecule has 2 aliphatic carbocycles. The van der Waals surface area contributed by atoms with Gasteiger partial charge in [-0.1, -0.05) is 19.8 Å². The van der Waals surface area contributed by atoms with Gasteiger partial charge in [0, 0.05) is 12.6 Å². The standard InChI is InChI=1S/C15H23NO3/c1-9-6-7-16(13-5-3-2-4-10(9)13)14(17)11-8-12(11)15(18)19/h9-13H,2-8H2,1H3,(H,18,19). The summed E-state index contributed by atoms with van der Waals surface area (Å²) in [6.07, 6.45) is 6.49. The summed E-state index contributed by atoms with van der Waals surface area (Å²) in [5, 5.41) is 8.97. The Kier molecular flexibility index (Phi) is 3.27. The fourth-order valence-corrected chi connectivity index (χ4v) is 4.14. The molecule has 0 aromatic heterocycles. The molecule has 5 unspecified atom stereocenters. The van der Waals surface area contributed by atoms with Crippen molar-refractivity contribution in [2.24, 2.45) is 23.7 Å². The quantitative estimate of drug-likeness (QED) is 0.832. The summed E-state index contributed by atoms with van der Waals surface area (Å²) in [5.41, 5.74) is 0. The summed E-state index contributed by atoms with van der Waals surface area (Å²) in [4.78, 5) is 25.5. The first kappa shape index (κ1) is 12.9. The molecule has 106 valence electrons. The number of carboxylic acids is 1. The van der Waals surface area contributed by atoms with Crippen LogP contribution in [0.2, 0.25) is 0 Å². The molecule has 2 saturated carbocycles. The number of carbonyl (C=O) groups is 2. The molecular weight excluding hydrogens is 242 g/mol. The second-order valence-corrected chi connectivity index (χ2v) is 6.60. The highest BCUT2D eigenvalue weighted by atomic mass is 16.4. The Morgan fingerprint density at radius 1 is 1.11 bits per heavy atom. The first-order valence-corrected chi connectivity index (χ1v) is 7.63. The van der Waals surface area contributed by atoms with E-state index in [-0.39, 0.29) is 11.8 Å². The second kappa shape index (κ2) is 4.80. The van der Waals surface area contributed by atoms with Gasteiger partial charge in [0.15, 0.2) is 0 Å². The number of amides is 1. The van der Waals surface area contributed by atoms with Crippen LogP contribution in [-0.4, -0.2) is 34.5 Å². The van der Waals surface area contributed by atoms with Gasteiger partial charge in [-0.3, -0.25) is 9.59 Å². The van der Waals surface area contributed by atoms with E-state index in [0.717, 1.165) is 19.4 Å². The number of hydrogen-bond donors (Lipinski definition) is 1. The summed E-state index contributed by atoms with van der Waals surface area (Å²) in [5.74, 6) is 0.0415. The number of likely N-dealkylation sites (tertiary alicyclic amines) is 1. The highest BCUT2D eigenvalue weighted by Gasteiger charge is 2.52. The molecule has 4 nitrogen and oxygen atoms in total. The highest BCUT2D eigenvalue weighted by Crippen LogP contribution is 2.44. The van der Waals surface area contributed by atoms with E-state index in [1.807, 2.05) is 4.90 Å². The number of piperidine rings is 1. The van der Waals surface area contributed by atoms with Gasteiger partial charge in [-0.25, -0.2) is 0 Å². The Morgan fingerprint density at radius 3 is 2.53 bits per heavy atom. The first-order valence-electron chi connectivity index (χ1n) is 7.63. The van der Waals surface area contributed by atoms with Crippen LogP contribution >= 0.6 is 0 Å². The summed E-state index contributed by atoms with van der Waals surface area (Å²) in [7, 11) is 0. The van der Waals surface area contributed by atoms with Crippen molar-refractivity contribution in [3.05, 3.63) is 0 Å². The fourth-order valence-electron chi connectivity index (χ4n) is 4.14. The first-order chi connectivity index (χ1) is 9.09. The van der Waals surface area contributed by atoms with Gasteiger partial charge in [-0.2, -0.15) is 0 Å². The lowest BCUT2D eigenvalue weighted by Crippen LogP contribution is -2.53. The van der Waals surface area contributed by atoms with Gasteiger partial charge < -0.3 is 10.0 Å². The van der Waals surface area contributed by atoms with Crippen LogP contribution in [0.1, 0.15) is 45.4 Å². The van der Waals surface area contributed by atoms with Gasteiger partial charge >= 0.3 is 5.97 Å². The minimum Gasteiger partial charge on any atom is -0.481 e. The van der Waals surface area contributed by atoms with E-state index in [0.29, 0.717) is 24.3 Å². The Hall–Kier alpha value is -1.06. The van der Waals surface area contributed by atoms with Gasteiger partial charge in [0.2, 0.25) is 5.91 Å². The normalized spacial score (nSPS) is 41.5. The summed E-state index contributed by atoms with van der Waals surface area (Å²) >= 11 is 0. The van der Waals surface area contributed by atoms with Crippen molar-refractivity contribution >= 4 is 11.9 Å². The van der Waals surface area contributed by atoms with Crippen LogP contribution in [0, 0.1) is 23.7 Å². The van der Waals surface area contributed by atoms with Gasteiger partial charge in [0.25, 0.3) is 0 Å². The van der Waals surface area contributed by atoms with Crippen LogP contribution in [0.15, 0.2) is 0 Å². The van der Waals surface area contributed by atoms with Crippen molar-refractivity contribution in [1.82, 2.24) is 4.90 Å². The molecular formula is C15H23NO3. The summed E-state index contributed by atoms with van der Waals surface area (Å²) < 4.78 is 0. The average Bonchev–Trinajstić information content (AvgIpc) is 3.19. The SMILES string of the molecule is CC1CCN(C(=O)C2CC2C(=O)O)C2CCCCC12. The maximum Gasteiger partial charge on any atom is 0.307 e. The summed E-state index contributed by atoms with van der Waals surface area (Å²) in [6, 6.07) is 0.389. The van der Waals surface area contributed by atoms with E-state index in [2.05, 4.69) is 6.92 Å². The van der Waals surface area contributed by atoms with Crippen LogP contribution < -0.4 is 0 Å². The maximum absolute atomic E-state index is 12.5. The predicted octanol–water partition coefficient (Wildman–Crippen LogP) is 2.13. The number of hydrogen-bond acceptors (Lipinski definition) is 2. The van der Waals surface area contributed by atoms with Crippen molar-refractivity contribution in [1.29, 1.82) is 0 Å². The van der Waals surface area contributed by atoms with Crippen molar-refractivity contribution in [2.75, 3.05) is 6.54 Å². The van der Waals surface area contributed by atoms with Crippen molar-refractivity contribution in [2.45, 2.75) is 51.5 Å². The van der Waals surface area contributed by atoms with Gasteiger partial charge in [-0.05, 0) is 37.5 Å². The zero-order valence-electron chi connectivity index (χ0n) is 11.5. The molecule has 4 heteroatoms. The fraction of sp³-hybridized carbons (Fsp3) is 0.867. The lowest BCUT2D eigenvalue weighted by atomic mass is 9.72. The smallest absolute Gasteiger partial charge is 0.307 e. The molecule has 1 N–H and O–H groups in total. The van der Waals surface area contributed by atoms with Gasteiger partial charge in [-0.15, -0.1) is 0 Å². The largest absolute Gasteiger partial charge is 0.481 e. The predicted molar refractivity (Wildman–Crippen MR) is 70.5 cm³/mol. The molecule has 19 heavy (non-hydrogen) atoms. The molecule has 1 saturated heterocycles. The topological polar surface area (TPSA) is 57.6 Å². The van der Waals surface area contributed by atoms with Crippen molar-refractivity contribution < 1.29 is 14.7 Å².